The maximum atomic E-state index is 12.8. The Bertz CT molecular complexity index is 855. The second-order valence-corrected chi connectivity index (χ2v) is 5.56. The predicted octanol–water partition coefficient (Wildman–Crippen LogP) is 3.20. The summed E-state index contributed by atoms with van der Waals surface area (Å²) in [5.74, 6) is -0.106. The van der Waals surface area contributed by atoms with Crippen LogP contribution in [0.5, 0.6) is 0 Å². The number of nitrogens with one attached hydrogen (secondary N) is 1. The van der Waals surface area contributed by atoms with Gasteiger partial charge in [0.2, 0.25) is 0 Å². The van der Waals surface area contributed by atoms with Crippen molar-refractivity contribution in [1.82, 2.24) is 19.4 Å². The fraction of sp³-hybridized carbons (Fsp3) is 0.118. The molecule has 3 rings (SSSR count). The molecule has 0 bridgehead atoms. The number of benzene rings is 1. The number of aromatic nitrogens is 3. The summed E-state index contributed by atoms with van der Waals surface area (Å²) < 4.78 is 2.24. The van der Waals surface area contributed by atoms with Gasteiger partial charge in [-0.3, -0.25) is 14.3 Å². The molecule has 0 radical (unpaired) electrons. The molecule has 0 spiro atoms. The number of imidazole rings is 1. The zero-order valence-electron chi connectivity index (χ0n) is 12.6. The molecular formula is C17H16N4OS. The molecule has 0 unspecified atom stereocenters. The summed E-state index contributed by atoms with van der Waals surface area (Å²) in [4.78, 5) is 21.4. The third kappa shape index (κ3) is 3.22. The minimum Gasteiger partial charge on any atom is -0.336 e. The van der Waals surface area contributed by atoms with Gasteiger partial charge < -0.3 is 9.88 Å². The standard InChI is InChI=1S/C17H16N4OS/c1-20(12-13-6-5-9-18-10-13)16(22)15-11-19-17(23)21(15)14-7-3-2-4-8-14/h2-11H,12H2,1H3,(H,19,23). The van der Waals surface area contributed by atoms with Crippen LogP contribution >= 0.6 is 12.2 Å². The van der Waals surface area contributed by atoms with E-state index in [1.807, 2.05) is 42.5 Å². The van der Waals surface area contributed by atoms with E-state index in [0.29, 0.717) is 17.0 Å². The predicted molar refractivity (Wildman–Crippen MR) is 91.0 cm³/mol. The van der Waals surface area contributed by atoms with Gasteiger partial charge in [-0.1, -0.05) is 24.3 Å². The van der Waals surface area contributed by atoms with E-state index < -0.39 is 0 Å². The summed E-state index contributed by atoms with van der Waals surface area (Å²) >= 11 is 5.32. The fourth-order valence-corrected chi connectivity index (χ4v) is 2.65. The van der Waals surface area contributed by atoms with Crippen LogP contribution in [0.4, 0.5) is 0 Å². The second-order valence-electron chi connectivity index (χ2n) is 5.17. The Labute approximate surface area is 139 Å². The average Bonchev–Trinajstić information content (AvgIpc) is 2.97. The van der Waals surface area contributed by atoms with Crippen LogP contribution in [0.1, 0.15) is 16.1 Å². The van der Waals surface area contributed by atoms with Crippen molar-refractivity contribution in [2.75, 3.05) is 7.05 Å². The number of nitrogens with zero attached hydrogens (tertiary/aromatic N) is 3. The Morgan fingerprint density at radius 1 is 1.26 bits per heavy atom. The van der Waals surface area contributed by atoms with Gasteiger partial charge in [0.25, 0.3) is 5.91 Å². The minimum absolute atomic E-state index is 0.106. The molecule has 1 N–H and O–H groups in total. The van der Waals surface area contributed by atoms with E-state index in [0.717, 1.165) is 11.3 Å². The molecule has 6 heteroatoms. The zero-order valence-corrected chi connectivity index (χ0v) is 13.5. The van der Waals surface area contributed by atoms with Gasteiger partial charge in [0, 0.05) is 37.9 Å². The number of amides is 1. The molecule has 2 heterocycles. The number of rotatable bonds is 4. The van der Waals surface area contributed by atoms with Crippen LogP contribution in [0.15, 0.2) is 61.1 Å². The van der Waals surface area contributed by atoms with E-state index in [1.54, 1.807) is 35.1 Å². The summed E-state index contributed by atoms with van der Waals surface area (Å²) in [6.45, 7) is 0.486. The van der Waals surface area contributed by atoms with Crippen molar-refractivity contribution in [1.29, 1.82) is 0 Å². The molecule has 0 saturated heterocycles. The maximum Gasteiger partial charge on any atom is 0.272 e. The number of hydrogen-bond donors (Lipinski definition) is 1. The van der Waals surface area contributed by atoms with E-state index in [1.165, 1.54) is 0 Å². The van der Waals surface area contributed by atoms with Crippen molar-refractivity contribution in [2.45, 2.75) is 6.54 Å². The molecule has 0 aliphatic heterocycles. The van der Waals surface area contributed by atoms with Crippen LogP contribution in [-0.2, 0) is 6.54 Å². The molecule has 3 aromatic rings. The van der Waals surface area contributed by atoms with Crippen molar-refractivity contribution >= 4 is 18.1 Å². The third-order valence-corrected chi connectivity index (χ3v) is 3.80. The summed E-state index contributed by atoms with van der Waals surface area (Å²) in [6, 6.07) is 13.4. The molecule has 1 aromatic carbocycles. The first-order valence-corrected chi connectivity index (χ1v) is 7.58. The molecular weight excluding hydrogens is 308 g/mol. The molecule has 2 aromatic heterocycles. The molecule has 1 amide bonds. The van der Waals surface area contributed by atoms with Gasteiger partial charge in [-0.15, -0.1) is 0 Å². The topological polar surface area (TPSA) is 53.9 Å². The Balaban J connectivity index is 1.90. The van der Waals surface area contributed by atoms with Gasteiger partial charge in [0.15, 0.2) is 4.77 Å². The van der Waals surface area contributed by atoms with Gasteiger partial charge in [0.1, 0.15) is 5.69 Å². The SMILES string of the molecule is CN(Cc1cccnc1)C(=O)c1c[nH]c(=S)n1-c1ccccc1. The lowest BCUT2D eigenvalue weighted by molar-refractivity contribution is 0.0777. The monoisotopic (exact) mass is 324 g/mol. The number of pyridine rings is 1. The highest BCUT2D eigenvalue weighted by Crippen LogP contribution is 2.15. The summed E-state index contributed by atoms with van der Waals surface area (Å²) in [6.07, 6.45) is 5.12. The van der Waals surface area contributed by atoms with Crippen LogP contribution in [0, 0.1) is 4.77 Å². The lowest BCUT2D eigenvalue weighted by Gasteiger charge is -2.18. The number of hydrogen-bond acceptors (Lipinski definition) is 3. The Morgan fingerprint density at radius 2 is 2.04 bits per heavy atom. The first-order chi connectivity index (χ1) is 11.2. The van der Waals surface area contributed by atoms with Crippen molar-refractivity contribution in [2.24, 2.45) is 0 Å². The van der Waals surface area contributed by atoms with Crippen LogP contribution in [0.2, 0.25) is 0 Å². The number of H-pyrrole nitrogens is 1. The van der Waals surface area contributed by atoms with E-state index in [2.05, 4.69) is 9.97 Å². The smallest absolute Gasteiger partial charge is 0.272 e. The average molecular weight is 324 g/mol. The van der Waals surface area contributed by atoms with E-state index in [9.17, 15) is 4.79 Å². The van der Waals surface area contributed by atoms with Crippen molar-refractivity contribution < 1.29 is 4.79 Å². The molecule has 116 valence electrons. The van der Waals surface area contributed by atoms with E-state index >= 15 is 0 Å². The highest BCUT2D eigenvalue weighted by atomic mass is 32.1. The van der Waals surface area contributed by atoms with E-state index in [4.69, 9.17) is 12.2 Å². The lowest BCUT2D eigenvalue weighted by Crippen LogP contribution is -2.28. The third-order valence-electron chi connectivity index (χ3n) is 3.50. The highest BCUT2D eigenvalue weighted by molar-refractivity contribution is 7.71. The fourth-order valence-electron chi connectivity index (χ4n) is 2.39. The molecule has 0 saturated carbocycles. The second kappa shape index (κ2) is 6.58. The van der Waals surface area contributed by atoms with Gasteiger partial charge in [-0.2, -0.15) is 0 Å². The minimum atomic E-state index is -0.106. The number of para-hydroxylation sites is 1. The molecule has 0 aliphatic carbocycles. The molecule has 23 heavy (non-hydrogen) atoms. The largest absolute Gasteiger partial charge is 0.336 e. The van der Waals surface area contributed by atoms with E-state index in [-0.39, 0.29) is 5.91 Å². The molecule has 0 fully saturated rings. The van der Waals surface area contributed by atoms with Crippen LogP contribution < -0.4 is 0 Å². The van der Waals surface area contributed by atoms with Gasteiger partial charge >= 0.3 is 0 Å². The highest BCUT2D eigenvalue weighted by Gasteiger charge is 2.18. The van der Waals surface area contributed by atoms with Crippen molar-refractivity contribution in [3.05, 3.63) is 77.1 Å². The summed E-state index contributed by atoms with van der Waals surface area (Å²) in [7, 11) is 1.76. The van der Waals surface area contributed by atoms with Crippen LogP contribution in [-0.4, -0.2) is 32.4 Å². The Morgan fingerprint density at radius 3 is 2.74 bits per heavy atom. The first kappa shape index (κ1) is 15.2. The van der Waals surface area contributed by atoms with Gasteiger partial charge in [0.05, 0.1) is 0 Å². The van der Waals surface area contributed by atoms with Crippen LogP contribution in [0.25, 0.3) is 5.69 Å². The maximum absolute atomic E-state index is 12.8. The molecule has 5 nitrogen and oxygen atoms in total. The number of aromatic amines is 1. The molecule has 0 atom stereocenters. The lowest BCUT2D eigenvalue weighted by atomic mass is 10.2. The number of carbonyl (C=O) groups is 1. The zero-order chi connectivity index (χ0) is 16.2. The Kier molecular flexibility index (Phi) is 4.34. The van der Waals surface area contributed by atoms with Gasteiger partial charge in [-0.05, 0) is 36.0 Å². The normalized spacial score (nSPS) is 10.5. The van der Waals surface area contributed by atoms with Crippen LogP contribution in [0.3, 0.4) is 0 Å². The number of carbonyl (C=O) groups excluding carboxylic acids is 1. The van der Waals surface area contributed by atoms with Gasteiger partial charge in [-0.25, -0.2) is 0 Å². The van der Waals surface area contributed by atoms with Crippen molar-refractivity contribution in [3.63, 3.8) is 0 Å². The quantitative estimate of drug-likeness (QED) is 0.750. The molecule has 0 aliphatic rings. The summed E-state index contributed by atoms with van der Waals surface area (Å²) in [5, 5.41) is 0. The first-order valence-electron chi connectivity index (χ1n) is 7.17. The Hall–Kier alpha value is -2.73. The summed E-state index contributed by atoms with van der Waals surface area (Å²) in [5.41, 5.74) is 2.34. The van der Waals surface area contributed by atoms with Crippen molar-refractivity contribution in [3.8, 4) is 5.69 Å².